The van der Waals surface area contributed by atoms with Gasteiger partial charge in [0.25, 0.3) is 0 Å². The summed E-state index contributed by atoms with van der Waals surface area (Å²) in [5, 5.41) is 7.50. The minimum absolute atomic E-state index is 0.0882. The van der Waals surface area contributed by atoms with Crippen molar-refractivity contribution >= 4 is 11.9 Å². The summed E-state index contributed by atoms with van der Waals surface area (Å²) in [7, 11) is 0. The number of likely N-dealkylation sites (tertiary alicyclic amines) is 1. The summed E-state index contributed by atoms with van der Waals surface area (Å²) in [5.41, 5.74) is 5.53. The minimum Gasteiger partial charge on any atom is -0.386 e. The van der Waals surface area contributed by atoms with Gasteiger partial charge in [-0.3, -0.25) is 5.41 Å². The highest BCUT2D eigenvalue weighted by molar-refractivity contribution is 5.85. The average molecular weight is 266 g/mol. The molecule has 19 heavy (non-hydrogen) atoms. The molecule has 108 valence electrons. The topological polar surface area (TPSA) is 73.4 Å². The van der Waals surface area contributed by atoms with Gasteiger partial charge in [0, 0.05) is 19.1 Å². The van der Waals surface area contributed by atoms with Gasteiger partial charge >= 0.3 is 6.03 Å². The van der Waals surface area contributed by atoms with E-state index in [2.05, 4.69) is 6.92 Å². The minimum atomic E-state index is 0.0882. The fourth-order valence-corrected chi connectivity index (χ4v) is 3.30. The summed E-state index contributed by atoms with van der Waals surface area (Å²) in [6.45, 7) is 4.18. The predicted octanol–water partition coefficient (Wildman–Crippen LogP) is 2.02. The summed E-state index contributed by atoms with van der Waals surface area (Å²) in [6, 6.07) is 0.377. The number of hydrogen-bond acceptors (Lipinski definition) is 2. The van der Waals surface area contributed by atoms with Crippen molar-refractivity contribution in [2.45, 2.75) is 51.5 Å². The highest BCUT2D eigenvalue weighted by Gasteiger charge is 2.31. The SMILES string of the molecule is CC1CCCN(C(=O)N(CC(=N)N)C2CCCC2)C1. The molecular weight excluding hydrogens is 240 g/mol. The maximum atomic E-state index is 12.7. The molecule has 3 N–H and O–H groups in total. The van der Waals surface area contributed by atoms with Gasteiger partial charge in [-0.15, -0.1) is 0 Å². The summed E-state index contributed by atoms with van der Waals surface area (Å²) < 4.78 is 0. The number of nitrogens with zero attached hydrogens (tertiary/aromatic N) is 2. The molecule has 2 aliphatic rings. The van der Waals surface area contributed by atoms with E-state index < -0.39 is 0 Å². The molecule has 1 saturated heterocycles. The smallest absolute Gasteiger partial charge is 0.320 e. The predicted molar refractivity (Wildman–Crippen MR) is 76.2 cm³/mol. The third kappa shape index (κ3) is 3.61. The van der Waals surface area contributed by atoms with E-state index in [0.717, 1.165) is 32.4 Å². The van der Waals surface area contributed by atoms with Crippen molar-refractivity contribution in [3.8, 4) is 0 Å². The normalized spacial score (nSPS) is 24.5. The summed E-state index contributed by atoms with van der Waals surface area (Å²) in [5.74, 6) is 0.672. The van der Waals surface area contributed by atoms with Gasteiger partial charge in [-0.1, -0.05) is 19.8 Å². The van der Waals surface area contributed by atoms with Gasteiger partial charge in [-0.05, 0) is 31.6 Å². The van der Waals surface area contributed by atoms with Crippen LogP contribution in [0.1, 0.15) is 45.4 Å². The molecule has 0 aromatic carbocycles. The number of amidine groups is 1. The molecule has 2 rings (SSSR count). The van der Waals surface area contributed by atoms with Crippen molar-refractivity contribution in [1.82, 2.24) is 9.80 Å². The standard InChI is InChI=1S/C14H26N4O/c1-11-5-4-8-17(9-11)14(19)18(10-13(15)16)12-6-2-3-7-12/h11-12H,2-10H2,1H3,(H3,15,16). The average Bonchev–Trinajstić information content (AvgIpc) is 2.88. The van der Waals surface area contributed by atoms with Crippen molar-refractivity contribution in [1.29, 1.82) is 5.41 Å². The van der Waals surface area contributed by atoms with Gasteiger partial charge in [0.15, 0.2) is 0 Å². The Morgan fingerprint density at radius 3 is 2.58 bits per heavy atom. The molecule has 0 aromatic rings. The number of rotatable bonds is 3. The first-order valence-electron chi connectivity index (χ1n) is 7.46. The third-order valence-corrected chi connectivity index (χ3v) is 4.28. The Morgan fingerprint density at radius 2 is 2.00 bits per heavy atom. The Bertz CT molecular complexity index is 338. The second kappa shape index (κ2) is 6.26. The Labute approximate surface area is 115 Å². The second-order valence-electron chi connectivity index (χ2n) is 6.07. The zero-order chi connectivity index (χ0) is 13.8. The maximum Gasteiger partial charge on any atom is 0.320 e. The summed E-state index contributed by atoms with van der Waals surface area (Å²) in [6.07, 6.45) is 6.78. The summed E-state index contributed by atoms with van der Waals surface area (Å²) >= 11 is 0. The molecule has 1 aliphatic carbocycles. The van der Waals surface area contributed by atoms with Crippen LogP contribution in [0.5, 0.6) is 0 Å². The van der Waals surface area contributed by atoms with Crippen molar-refractivity contribution in [2.24, 2.45) is 11.7 Å². The molecule has 0 aromatic heterocycles. The van der Waals surface area contributed by atoms with E-state index in [4.69, 9.17) is 11.1 Å². The zero-order valence-corrected chi connectivity index (χ0v) is 11.9. The lowest BCUT2D eigenvalue weighted by atomic mass is 10.0. The van der Waals surface area contributed by atoms with Crippen LogP contribution in [-0.2, 0) is 0 Å². The van der Waals surface area contributed by atoms with E-state index in [1.165, 1.54) is 19.3 Å². The first kappa shape index (κ1) is 14.2. The van der Waals surface area contributed by atoms with Crippen LogP contribution in [0.25, 0.3) is 0 Å². The number of carbonyl (C=O) groups excluding carboxylic acids is 1. The van der Waals surface area contributed by atoms with E-state index in [1.54, 1.807) is 0 Å². The number of amides is 2. The second-order valence-corrected chi connectivity index (χ2v) is 6.07. The molecule has 1 saturated carbocycles. The van der Waals surface area contributed by atoms with Crippen LogP contribution in [0.2, 0.25) is 0 Å². The lowest BCUT2D eigenvalue weighted by molar-refractivity contribution is 0.122. The van der Waals surface area contributed by atoms with E-state index >= 15 is 0 Å². The van der Waals surface area contributed by atoms with Crippen LogP contribution in [0.4, 0.5) is 4.79 Å². The van der Waals surface area contributed by atoms with Crippen molar-refractivity contribution in [3.05, 3.63) is 0 Å². The Kier molecular flexibility index (Phi) is 4.66. The number of nitrogens with one attached hydrogen (secondary N) is 1. The molecule has 0 radical (unpaired) electrons. The van der Waals surface area contributed by atoms with E-state index in [9.17, 15) is 4.79 Å². The van der Waals surface area contributed by atoms with E-state index in [-0.39, 0.29) is 24.5 Å². The molecule has 2 fully saturated rings. The number of hydrogen-bond donors (Lipinski definition) is 2. The molecule has 2 amide bonds. The molecule has 1 unspecified atom stereocenters. The highest BCUT2D eigenvalue weighted by Crippen LogP contribution is 2.25. The van der Waals surface area contributed by atoms with Crippen LogP contribution in [0, 0.1) is 11.3 Å². The Balaban J connectivity index is 2.03. The fourth-order valence-electron chi connectivity index (χ4n) is 3.30. The van der Waals surface area contributed by atoms with Crippen molar-refractivity contribution in [3.63, 3.8) is 0 Å². The van der Waals surface area contributed by atoms with Gasteiger partial charge in [0.05, 0.1) is 6.54 Å². The number of carbonyl (C=O) groups is 1. The molecule has 0 bridgehead atoms. The van der Waals surface area contributed by atoms with Crippen molar-refractivity contribution < 1.29 is 4.79 Å². The molecule has 5 nitrogen and oxygen atoms in total. The van der Waals surface area contributed by atoms with Gasteiger partial charge < -0.3 is 15.5 Å². The van der Waals surface area contributed by atoms with Crippen LogP contribution < -0.4 is 5.73 Å². The van der Waals surface area contributed by atoms with Crippen LogP contribution in [0.15, 0.2) is 0 Å². The zero-order valence-electron chi connectivity index (χ0n) is 11.9. The van der Waals surface area contributed by atoms with Crippen LogP contribution in [-0.4, -0.2) is 47.3 Å². The number of piperidine rings is 1. The first-order valence-corrected chi connectivity index (χ1v) is 7.46. The number of nitrogens with two attached hydrogens (primary N) is 1. The molecular formula is C14H26N4O. The van der Waals surface area contributed by atoms with Crippen LogP contribution >= 0.6 is 0 Å². The molecule has 1 aliphatic heterocycles. The van der Waals surface area contributed by atoms with Gasteiger partial charge in [-0.25, -0.2) is 4.79 Å². The maximum absolute atomic E-state index is 12.7. The van der Waals surface area contributed by atoms with Gasteiger partial charge in [0.1, 0.15) is 5.84 Å². The highest BCUT2D eigenvalue weighted by atomic mass is 16.2. The molecule has 0 spiro atoms. The van der Waals surface area contributed by atoms with Crippen molar-refractivity contribution in [2.75, 3.05) is 19.6 Å². The fraction of sp³-hybridized carbons (Fsp3) is 0.857. The summed E-state index contributed by atoms with van der Waals surface area (Å²) in [4.78, 5) is 16.5. The Hall–Kier alpha value is -1.26. The van der Waals surface area contributed by atoms with E-state index in [0.29, 0.717) is 5.92 Å². The Morgan fingerprint density at radius 1 is 1.32 bits per heavy atom. The first-order chi connectivity index (χ1) is 9.08. The lowest BCUT2D eigenvalue weighted by Crippen LogP contribution is -2.52. The van der Waals surface area contributed by atoms with Crippen LogP contribution in [0.3, 0.4) is 0 Å². The third-order valence-electron chi connectivity index (χ3n) is 4.28. The van der Waals surface area contributed by atoms with E-state index in [1.807, 2.05) is 9.80 Å². The molecule has 1 heterocycles. The molecule has 5 heteroatoms. The molecule has 1 atom stereocenters. The lowest BCUT2D eigenvalue weighted by Gasteiger charge is -2.37. The number of urea groups is 1. The quantitative estimate of drug-likeness (QED) is 0.606. The largest absolute Gasteiger partial charge is 0.386 e. The van der Waals surface area contributed by atoms with Gasteiger partial charge in [0.2, 0.25) is 0 Å². The monoisotopic (exact) mass is 266 g/mol. The van der Waals surface area contributed by atoms with Gasteiger partial charge in [-0.2, -0.15) is 0 Å².